The number of halogens is 4. The van der Waals surface area contributed by atoms with Gasteiger partial charge in [0, 0.05) is 6.54 Å². The van der Waals surface area contributed by atoms with Crippen molar-refractivity contribution in [3.63, 3.8) is 0 Å². The van der Waals surface area contributed by atoms with Crippen LogP contribution < -0.4 is 5.32 Å². The maximum Gasteiger partial charge on any atom is 0.416 e. The third-order valence-corrected chi connectivity index (χ3v) is 2.56. The number of rotatable bonds is 4. The highest BCUT2D eigenvalue weighted by Crippen LogP contribution is 2.36. The lowest BCUT2D eigenvalue weighted by atomic mass is 10.1. The molecule has 19 heavy (non-hydrogen) atoms. The molecule has 104 valence electrons. The van der Waals surface area contributed by atoms with Crippen molar-refractivity contribution < 1.29 is 23.4 Å². The van der Waals surface area contributed by atoms with E-state index < -0.39 is 24.5 Å². The molecule has 1 rings (SSSR count). The lowest BCUT2D eigenvalue weighted by Gasteiger charge is -2.15. The Morgan fingerprint density at radius 2 is 2.05 bits per heavy atom. The van der Waals surface area contributed by atoms with Crippen LogP contribution in [0.5, 0.6) is 0 Å². The summed E-state index contributed by atoms with van der Waals surface area (Å²) < 4.78 is 37.6. The number of aliphatic hydroxyl groups is 2. The summed E-state index contributed by atoms with van der Waals surface area (Å²) in [5, 5.41) is 28.8. The predicted molar refractivity (Wildman–Crippen MR) is 62.8 cm³/mol. The molecule has 0 radical (unpaired) electrons. The topological polar surface area (TPSA) is 76.3 Å². The van der Waals surface area contributed by atoms with E-state index in [9.17, 15) is 13.2 Å². The summed E-state index contributed by atoms with van der Waals surface area (Å²) in [6.07, 6.45) is -5.71. The summed E-state index contributed by atoms with van der Waals surface area (Å²) in [5.74, 6) is 0. The second-order valence-corrected chi connectivity index (χ2v) is 4.11. The van der Waals surface area contributed by atoms with E-state index in [4.69, 9.17) is 27.1 Å². The van der Waals surface area contributed by atoms with Crippen LogP contribution in [-0.4, -0.2) is 29.5 Å². The fraction of sp³-hybridized carbons (Fsp3) is 0.364. The van der Waals surface area contributed by atoms with Crippen LogP contribution in [0.25, 0.3) is 0 Å². The molecule has 0 saturated heterocycles. The Labute approximate surface area is 112 Å². The number of alkyl halides is 3. The minimum Gasteiger partial charge on any atom is -0.394 e. The van der Waals surface area contributed by atoms with Gasteiger partial charge in [0.25, 0.3) is 0 Å². The second kappa shape index (κ2) is 6.10. The fourth-order valence-electron chi connectivity index (χ4n) is 1.32. The molecule has 0 heterocycles. The number of nitrogens with zero attached hydrogens (tertiary/aromatic N) is 1. The average molecular weight is 295 g/mol. The van der Waals surface area contributed by atoms with Gasteiger partial charge >= 0.3 is 6.18 Å². The minimum atomic E-state index is -4.60. The van der Waals surface area contributed by atoms with Gasteiger partial charge in [-0.05, 0) is 12.1 Å². The van der Waals surface area contributed by atoms with E-state index in [1.54, 1.807) is 6.07 Å². The monoisotopic (exact) mass is 294 g/mol. The number of nitrogens with one attached hydrogen (secondary N) is 1. The SMILES string of the molecule is N#Cc1cc(C(F)(F)F)cc(Cl)c1NCC(O)CO. The third kappa shape index (κ3) is 3.99. The van der Waals surface area contributed by atoms with E-state index in [0.717, 1.165) is 0 Å². The van der Waals surface area contributed by atoms with Gasteiger partial charge in [-0.2, -0.15) is 18.4 Å². The molecule has 1 unspecified atom stereocenters. The predicted octanol–water partition coefficient (Wildman–Crippen LogP) is 2.00. The zero-order chi connectivity index (χ0) is 14.6. The smallest absolute Gasteiger partial charge is 0.394 e. The second-order valence-electron chi connectivity index (χ2n) is 3.71. The van der Waals surface area contributed by atoms with Crippen molar-refractivity contribution >= 4 is 17.3 Å². The molecule has 8 heteroatoms. The van der Waals surface area contributed by atoms with Crippen LogP contribution in [0, 0.1) is 11.3 Å². The highest BCUT2D eigenvalue weighted by molar-refractivity contribution is 6.33. The molecule has 0 saturated carbocycles. The van der Waals surface area contributed by atoms with E-state index in [-0.39, 0.29) is 22.8 Å². The Balaban J connectivity index is 3.10. The van der Waals surface area contributed by atoms with E-state index in [1.807, 2.05) is 0 Å². The van der Waals surface area contributed by atoms with Gasteiger partial charge in [0.1, 0.15) is 6.07 Å². The highest BCUT2D eigenvalue weighted by Gasteiger charge is 2.32. The first-order valence-corrected chi connectivity index (χ1v) is 5.51. The summed E-state index contributed by atoms with van der Waals surface area (Å²) in [7, 11) is 0. The molecular weight excluding hydrogens is 285 g/mol. The maximum absolute atomic E-state index is 12.5. The summed E-state index contributed by atoms with van der Waals surface area (Å²) in [4.78, 5) is 0. The van der Waals surface area contributed by atoms with Crippen LogP contribution >= 0.6 is 11.6 Å². The van der Waals surface area contributed by atoms with Gasteiger partial charge in [0.2, 0.25) is 0 Å². The number of anilines is 1. The van der Waals surface area contributed by atoms with Crippen molar-refractivity contribution in [2.75, 3.05) is 18.5 Å². The first-order chi connectivity index (χ1) is 8.79. The van der Waals surface area contributed by atoms with Crippen LogP contribution in [-0.2, 0) is 6.18 Å². The molecule has 0 aliphatic rings. The van der Waals surface area contributed by atoms with E-state index in [0.29, 0.717) is 12.1 Å². The Morgan fingerprint density at radius 3 is 2.53 bits per heavy atom. The summed E-state index contributed by atoms with van der Waals surface area (Å²) >= 11 is 5.69. The number of hydrogen-bond acceptors (Lipinski definition) is 4. The lowest BCUT2D eigenvalue weighted by molar-refractivity contribution is -0.137. The quantitative estimate of drug-likeness (QED) is 0.794. The molecule has 0 fully saturated rings. The normalized spacial score (nSPS) is 12.9. The Morgan fingerprint density at radius 1 is 1.42 bits per heavy atom. The Hall–Kier alpha value is -1.49. The average Bonchev–Trinajstić information content (AvgIpc) is 2.34. The molecule has 1 aromatic carbocycles. The number of nitriles is 1. The van der Waals surface area contributed by atoms with Crippen LogP contribution in [0.1, 0.15) is 11.1 Å². The first kappa shape index (κ1) is 15.6. The summed E-state index contributed by atoms with van der Waals surface area (Å²) in [6.45, 7) is -0.663. The van der Waals surface area contributed by atoms with Gasteiger partial charge in [0.05, 0.1) is 34.5 Å². The highest BCUT2D eigenvalue weighted by atomic mass is 35.5. The van der Waals surface area contributed by atoms with E-state index in [2.05, 4.69) is 5.32 Å². The fourth-order valence-corrected chi connectivity index (χ4v) is 1.61. The van der Waals surface area contributed by atoms with Crippen LogP contribution in [0.3, 0.4) is 0 Å². The van der Waals surface area contributed by atoms with Gasteiger partial charge in [-0.1, -0.05) is 11.6 Å². The molecule has 0 bridgehead atoms. The van der Waals surface area contributed by atoms with Crippen molar-refractivity contribution in [1.82, 2.24) is 0 Å². The van der Waals surface area contributed by atoms with Gasteiger partial charge in [0.15, 0.2) is 0 Å². The van der Waals surface area contributed by atoms with Crippen molar-refractivity contribution in [3.05, 3.63) is 28.3 Å². The third-order valence-electron chi connectivity index (χ3n) is 2.26. The molecule has 0 amide bonds. The van der Waals surface area contributed by atoms with E-state index >= 15 is 0 Å². The molecular formula is C11H10ClF3N2O2. The van der Waals surface area contributed by atoms with Crippen molar-refractivity contribution in [2.24, 2.45) is 0 Å². The van der Waals surface area contributed by atoms with Crippen molar-refractivity contribution in [1.29, 1.82) is 5.26 Å². The number of aliphatic hydroxyl groups excluding tert-OH is 2. The summed E-state index contributed by atoms with van der Waals surface area (Å²) in [5.41, 5.74) is -1.32. The van der Waals surface area contributed by atoms with Crippen LogP contribution in [0.2, 0.25) is 5.02 Å². The van der Waals surface area contributed by atoms with Gasteiger partial charge in [-0.15, -0.1) is 0 Å². The zero-order valence-corrected chi connectivity index (χ0v) is 10.3. The van der Waals surface area contributed by atoms with Gasteiger partial charge in [-0.25, -0.2) is 0 Å². The van der Waals surface area contributed by atoms with Gasteiger partial charge < -0.3 is 15.5 Å². The van der Waals surface area contributed by atoms with Crippen molar-refractivity contribution in [3.8, 4) is 6.07 Å². The van der Waals surface area contributed by atoms with Crippen LogP contribution in [0.15, 0.2) is 12.1 Å². The molecule has 0 aromatic heterocycles. The molecule has 1 atom stereocenters. The van der Waals surface area contributed by atoms with E-state index in [1.165, 1.54) is 0 Å². The largest absolute Gasteiger partial charge is 0.416 e. The molecule has 0 aliphatic heterocycles. The molecule has 0 spiro atoms. The van der Waals surface area contributed by atoms with Crippen LogP contribution in [0.4, 0.5) is 18.9 Å². The molecule has 1 aromatic rings. The summed E-state index contributed by atoms with van der Waals surface area (Å²) in [6, 6.07) is 2.96. The molecule has 0 aliphatic carbocycles. The Bertz CT molecular complexity index is 500. The maximum atomic E-state index is 12.5. The first-order valence-electron chi connectivity index (χ1n) is 5.13. The number of benzene rings is 1. The lowest BCUT2D eigenvalue weighted by Crippen LogP contribution is -2.23. The minimum absolute atomic E-state index is 0.00957. The molecule has 4 nitrogen and oxygen atoms in total. The molecule has 3 N–H and O–H groups in total. The van der Waals surface area contributed by atoms with Crippen molar-refractivity contribution in [2.45, 2.75) is 12.3 Å². The number of hydrogen-bond donors (Lipinski definition) is 3. The van der Waals surface area contributed by atoms with Gasteiger partial charge in [-0.3, -0.25) is 0 Å². The standard InChI is InChI=1S/C11H10ClF3N2O2/c12-9-2-7(11(13,14)15)1-6(3-16)10(9)17-4-8(19)5-18/h1-2,8,17-19H,4-5H2. The Kier molecular flexibility index (Phi) is 5.00. The zero-order valence-electron chi connectivity index (χ0n) is 9.50.